The fraction of sp³-hybridized carbons (Fsp3) is 0.222. The number of carbonyl (C=O) groups excluding carboxylic acids is 1. The number of nitrogens with one attached hydrogen (secondary N) is 1. The summed E-state index contributed by atoms with van der Waals surface area (Å²) in [6, 6.07) is -0.493. The highest BCUT2D eigenvalue weighted by Gasteiger charge is 2.29. The molecule has 2 amide bonds. The Bertz CT molecular complexity index is 532. The third kappa shape index (κ3) is 1.54. The molecule has 1 aromatic rings. The van der Waals surface area contributed by atoms with Gasteiger partial charge >= 0.3 is 11.9 Å². The van der Waals surface area contributed by atoms with E-state index in [0.29, 0.717) is 13.2 Å². The van der Waals surface area contributed by atoms with Gasteiger partial charge in [0.2, 0.25) is 0 Å². The van der Waals surface area contributed by atoms with Crippen LogP contribution in [0.1, 0.15) is 11.6 Å². The molecule has 3 N–H and O–H groups in total. The summed E-state index contributed by atoms with van der Waals surface area (Å²) in [7, 11) is 0. The smallest absolute Gasteiger partial charge is 0.321 e. The van der Waals surface area contributed by atoms with Crippen LogP contribution in [0.5, 0.6) is 0 Å². The van der Waals surface area contributed by atoms with Gasteiger partial charge in [-0.1, -0.05) is 4.68 Å². The highest BCUT2D eigenvalue weighted by atomic mass is 16.6. The molecular weight excluding hydrogens is 224 g/mol. The SMILES string of the molecule is NC(=O)N1C=Cc2nn3c([n+]2C1)CNOC=C3. The van der Waals surface area contributed by atoms with E-state index in [1.807, 2.05) is 4.57 Å². The summed E-state index contributed by atoms with van der Waals surface area (Å²) < 4.78 is 3.58. The zero-order valence-electron chi connectivity index (χ0n) is 8.91. The average Bonchev–Trinajstić information content (AvgIpc) is 2.51. The molecule has 0 bridgehead atoms. The summed E-state index contributed by atoms with van der Waals surface area (Å²) in [6.07, 6.45) is 6.57. The summed E-state index contributed by atoms with van der Waals surface area (Å²) in [5, 5.41) is 4.35. The Morgan fingerprint density at radius 3 is 3.29 bits per heavy atom. The molecular formula is C9H11N6O2+. The lowest BCUT2D eigenvalue weighted by molar-refractivity contribution is -0.721. The van der Waals surface area contributed by atoms with Gasteiger partial charge in [-0.15, -0.1) is 5.48 Å². The molecule has 0 aliphatic carbocycles. The molecule has 0 spiro atoms. The fourth-order valence-electron chi connectivity index (χ4n) is 1.79. The molecule has 0 radical (unpaired) electrons. The number of hydrogen-bond acceptors (Lipinski definition) is 4. The lowest BCUT2D eigenvalue weighted by Gasteiger charge is -2.17. The molecule has 0 aromatic carbocycles. The first-order valence-corrected chi connectivity index (χ1v) is 5.06. The first kappa shape index (κ1) is 9.85. The Balaban J connectivity index is 2.04. The summed E-state index contributed by atoms with van der Waals surface area (Å²) >= 11 is 0. The van der Waals surface area contributed by atoms with E-state index in [-0.39, 0.29) is 0 Å². The molecule has 8 heteroatoms. The lowest BCUT2D eigenvalue weighted by atomic mass is 10.4. The van der Waals surface area contributed by atoms with Crippen LogP contribution in [0.4, 0.5) is 4.79 Å². The molecule has 1 aromatic heterocycles. The Labute approximate surface area is 96.5 Å². The predicted molar refractivity (Wildman–Crippen MR) is 56.1 cm³/mol. The van der Waals surface area contributed by atoms with Crippen LogP contribution in [0.3, 0.4) is 0 Å². The highest BCUT2D eigenvalue weighted by molar-refractivity contribution is 5.73. The number of carbonyl (C=O) groups is 1. The second kappa shape index (κ2) is 3.59. The number of hydrogen-bond donors (Lipinski definition) is 2. The van der Waals surface area contributed by atoms with E-state index >= 15 is 0 Å². The van der Waals surface area contributed by atoms with Crippen molar-refractivity contribution >= 4 is 18.3 Å². The van der Waals surface area contributed by atoms with Crippen molar-refractivity contribution in [1.29, 1.82) is 0 Å². The number of nitrogens with zero attached hydrogens (tertiary/aromatic N) is 4. The lowest BCUT2D eigenvalue weighted by Crippen LogP contribution is -2.51. The van der Waals surface area contributed by atoms with Gasteiger partial charge < -0.3 is 10.6 Å². The molecule has 2 aliphatic heterocycles. The minimum Gasteiger partial charge on any atom is -0.413 e. The van der Waals surface area contributed by atoms with Crippen molar-refractivity contribution in [3.05, 3.63) is 24.1 Å². The van der Waals surface area contributed by atoms with Gasteiger partial charge in [0.15, 0.2) is 6.67 Å². The van der Waals surface area contributed by atoms with Gasteiger partial charge in [0.25, 0.3) is 5.82 Å². The van der Waals surface area contributed by atoms with Gasteiger partial charge in [-0.05, 0) is 0 Å². The molecule has 0 saturated carbocycles. The van der Waals surface area contributed by atoms with Gasteiger partial charge in [0.05, 0.1) is 5.10 Å². The maximum atomic E-state index is 11.1. The van der Waals surface area contributed by atoms with E-state index in [1.54, 1.807) is 23.2 Å². The van der Waals surface area contributed by atoms with Crippen LogP contribution in [-0.2, 0) is 18.1 Å². The number of fused-ring (bicyclic) bond motifs is 3. The zero-order chi connectivity index (χ0) is 11.8. The maximum absolute atomic E-state index is 11.1. The van der Waals surface area contributed by atoms with Crippen LogP contribution in [-0.4, -0.2) is 20.7 Å². The van der Waals surface area contributed by atoms with Crippen molar-refractivity contribution in [3.63, 3.8) is 0 Å². The largest absolute Gasteiger partial charge is 0.413 e. The van der Waals surface area contributed by atoms with Crippen molar-refractivity contribution in [1.82, 2.24) is 20.2 Å². The van der Waals surface area contributed by atoms with Crippen molar-refractivity contribution in [2.45, 2.75) is 13.2 Å². The summed E-state index contributed by atoms with van der Waals surface area (Å²) in [5.41, 5.74) is 8.00. The van der Waals surface area contributed by atoms with Gasteiger partial charge in [-0.2, -0.15) is 0 Å². The van der Waals surface area contributed by atoms with Crippen LogP contribution in [0.25, 0.3) is 12.3 Å². The van der Waals surface area contributed by atoms with Crippen molar-refractivity contribution in [2.24, 2.45) is 5.73 Å². The van der Waals surface area contributed by atoms with E-state index < -0.39 is 6.03 Å². The Kier molecular flexibility index (Phi) is 2.08. The van der Waals surface area contributed by atoms with Crippen LogP contribution in [0.2, 0.25) is 0 Å². The van der Waals surface area contributed by atoms with Crippen molar-refractivity contribution in [2.75, 3.05) is 0 Å². The molecule has 0 unspecified atom stereocenters. The van der Waals surface area contributed by atoms with Gasteiger partial charge in [0.1, 0.15) is 19.0 Å². The van der Waals surface area contributed by atoms with Gasteiger partial charge in [-0.25, -0.2) is 9.36 Å². The molecule has 2 aliphatic rings. The molecule has 0 fully saturated rings. The number of amides is 2. The molecule has 0 saturated heterocycles. The Morgan fingerprint density at radius 2 is 2.47 bits per heavy atom. The Morgan fingerprint density at radius 1 is 1.59 bits per heavy atom. The first-order valence-electron chi connectivity index (χ1n) is 5.06. The minimum absolute atomic E-state index is 0.353. The minimum atomic E-state index is -0.493. The maximum Gasteiger partial charge on any atom is 0.321 e. The van der Waals surface area contributed by atoms with Gasteiger partial charge in [-0.3, -0.25) is 4.90 Å². The third-order valence-corrected chi connectivity index (χ3v) is 2.63. The van der Waals surface area contributed by atoms with E-state index in [4.69, 9.17) is 10.6 Å². The normalized spacial score (nSPS) is 17.1. The third-order valence-electron chi connectivity index (χ3n) is 2.63. The average molecular weight is 235 g/mol. The number of primary amides is 1. The van der Waals surface area contributed by atoms with E-state index in [9.17, 15) is 4.79 Å². The van der Waals surface area contributed by atoms with E-state index in [2.05, 4.69) is 10.6 Å². The van der Waals surface area contributed by atoms with E-state index in [0.717, 1.165) is 11.6 Å². The van der Waals surface area contributed by atoms with Gasteiger partial charge in [0, 0.05) is 12.3 Å². The summed E-state index contributed by atoms with van der Waals surface area (Å²) in [4.78, 5) is 17.5. The van der Waals surface area contributed by atoms with E-state index in [1.165, 1.54) is 11.2 Å². The number of nitrogens with two attached hydrogens (primary N) is 1. The highest BCUT2D eigenvalue weighted by Crippen LogP contribution is 2.08. The van der Waals surface area contributed by atoms with Crippen LogP contribution < -0.4 is 15.8 Å². The van der Waals surface area contributed by atoms with Crippen molar-refractivity contribution in [3.8, 4) is 0 Å². The second-order valence-electron chi connectivity index (χ2n) is 3.64. The molecule has 88 valence electrons. The second-order valence-corrected chi connectivity index (χ2v) is 3.64. The number of rotatable bonds is 0. The van der Waals surface area contributed by atoms with Crippen LogP contribution >= 0.6 is 0 Å². The number of urea groups is 1. The molecule has 3 rings (SSSR count). The van der Waals surface area contributed by atoms with Crippen molar-refractivity contribution < 1.29 is 14.2 Å². The number of aromatic nitrogens is 3. The molecule has 8 nitrogen and oxygen atoms in total. The number of hydroxylamine groups is 1. The summed E-state index contributed by atoms with van der Waals surface area (Å²) in [5.74, 6) is 1.65. The molecule has 0 atom stereocenters. The Hall–Kier alpha value is -2.35. The van der Waals surface area contributed by atoms with Crippen LogP contribution in [0, 0.1) is 0 Å². The topological polar surface area (TPSA) is 89.3 Å². The van der Waals surface area contributed by atoms with Crippen LogP contribution in [0.15, 0.2) is 12.5 Å². The molecule has 17 heavy (non-hydrogen) atoms. The standard InChI is InChI=1S/C9H10N6O2/c10-9(16)13-2-1-7-12-15-3-4-17-11-5-8(15)14(7)6-13/h1-4,11H,5-6H2,(H-,10,16)/p+1. The molecule has 3 heterocycles. The first-order chi connectivity index (χ1) is 8.25. The summed E-state index contributed by atoms with van der Waals surface area (Å²) in [6.45, 7) is 0.840. The fourth-order valence-corrected chi connectivity index (χ4v) is 1.79. The quantitative estimate of drug-likeness (QED) is 0.562. The zero-order valence-corrected chi connectivity index (χ0v) is 8.91. The predicted octanol–water partition coefficient (Wildman–Crippen LogP) is -1.04. The monoisotopic (exact) mass is 235 g/mol.